The van der Waals surface area contributed by atoms with Gasteiger partial charge in [-0.15, -0.1) is 11.6 Å². The summed E-state index contributed by atoms with van der Waals surface area (Å²) in [6.45, 7) is 3.58. The largest absolute Gasteiger partial charge is 0.480 e. The van der Waals surface area contributed by atoms with E-state index in [-0.39, 0.29) is 18.3 Å². The van der Waals surface area contributed by atoms with Crippen molar-refractivity contribution in [3.05, 3.63) is 29.3 Å². The number of alkyl halides is 1. The predicted molar refractivity (Wildman–Crippen MR) is 75.9 cm³/mol. The molecule has 0 saturated carbocycles. The molecule has 0 aliphatic heterocycles. The summed E-state index contributed by atoms with van der Waals surface area (Å²) in [5, 5.41) is 8.98. The third-order valence-electron chi connectivity index (χ3n) is 2.94. The molecule has 1 aromatic rings. The van der Waals surface area contributed by atoms with Gasteiger partial charge < -0.3 is 5.11 Å². The first-order valence-corrected chi connectivity index (χ1v) is 6.77. The molecule has 0 saturated heterocycles. The number of halogens is 1. The number of carbonyl (C=O) groups excluding carboxylic acids is 1. The number of anilines is 1. The van der Waals surface area contributed by atoms with E-state index in [9.17, 15) is 9.59 Å². The Morgan fingerprint density at radius 3 is 2.11 bits per heavy atom. The van der Waals surface area contributed by atoms with Gasteiger partial charge in [-0.3, -0.25) is 14.5 Å². The number of aliphatic carboxylic acids is 1. The average molecular weight is 284 g/mol. The van der Waals surface area contributed by atoms with Crippen molar-refractivity contribution in [1.82, 2.24) is 0 Å². The topological polar surface area (TPSA) is 57.6 Å². The normalized spacial score (nSPS) is 10.3. The molecule has 1 amide bonds. The highest BCUT2D eigenvalue weighted by atomic mass is 35.5. The number of benzene rings is 1. The van der Waals surface area contributed by atoms with E-state index in [2.05, 4.69) is 0 Å². The molecule has 0 radical (unpaired) electrons. The molecule has 0 aliphatic carbocycles. The molecule has 0 heterocycles. The number of rotatable bonds is 6. The number of nitrogens with zero attached hydrogens (tertiary/aromatic N) is 1. The number of carboxylic acids is 1. The molecule has 4 nitrogen and oxygen atoms in total. The minimum atomic E-state index is -1.05. The Kier molecular flexibility index (Phi) is 5.83. The van der Waals surface area contributed by atoms with Crippen LogP contribution in [0.3, 0.4) is 0 Å². The van der Waals surface area contributed by atoms with Crippen LogP contribution in [-0.4, -0.2) is 29.4 Å². The number of aryl methyl sites for hydroxylation is 2. The van der Waals surface area contributed by atoms with Gasteiger partial charge in [-0.05, 0) is 24.0 Å². The van der Waals surface area contributed by atoms with E-state index >= 15 is 0 Å². The number of para-hydroxylation sites is 1. The number of amides is 1. The molecule has 104 valence electrons. The summed E-state index contributed by atoms with van der Waals surface area (Å²) < 4.78 is 0. The van der Waals surface area contributed by atoms with Crippen molar-refractivity contribution in [1.29, 1.82) is 0 Å². The summed E-state index contributed by atoms with van der Waals surface area (Å²) in [5.74, 6) is -1.67. The first kappa shape index (κ1) is 15.5. The van der Waals surface area contributed by atoms with Gasteiger partial charge >= 0.3 is 5.97 Å². The van der Waals surface area contributed by atoms with Gasteiger partial charge in [0.25, 0.3) is 0 Å². The average Bonchev–Trinajstić information content (AvgIpc) is 2.42. The summed E-state index contributed by atoms with van der Waals surface area (Å²) >= 11 is 5.59. The van der Waals surface area contributed by atoms with Crippen LogP contribution in [0.15, 0.2) is 18.2 Å². The van der Waals surface area contributed by atoms with Gasteiger partial charge in [0.05, 0.1) is 5.69 Å². The van der Waals surface area contributed by atoms with Crippen molar-refractivity contribution >= 4 is 29.2 Å². The molecule has 0 atom stereocenters. The molecule has 0 unspecified atom stereocenters. The summed E-state index contributed by atoms with van der Waals surface area (Å²) in [6.07, 6.45) is 1.46. The highest BCUT2D eigenvalue weighted by Crippen LogP contribution is 2.27. The van der Waals surface area contributed by atoms with Crippen molar-refractivity contribution in [2.45, 2.75) is 26.7 Å². The lowest BCUT2D eigenvalue weighted by Gasteiger charge is -2.25. The van der Waals surface area contributed by atoms with Gasteiger partial charge in [-0.25, -0.2) is 0 Å². The van der Waals surface area contributed by atoms with E-state index in [1.807, 2.05) is 32.0 Å². The molecule has 0 fully saturated rings. The van der Waals surface area contributed by atoms with Crippen molar-refractivity contribution in [2.75, 3.05) is 17.3 Å². The molecular weight excluding hydrogens is 266 g/mol. The Balaban J connectivity index is 3.34. The Morgan fingerprint density at radius 2 is 1.74 bits per heavy atom. The van der Waals surface area contributed by atoms with Gasteiger partial charge in [0.2, 0.25) is 5.91 Å². The van der Waals surface area contributed by atoms with E-state index in [1.165, 1.54) is 4.90 Å². The van der Waals surface area contributed by atoms with Crippen LogP contribution in [0.25, 0.3) is 0 Å². The zero-order valence-corrected chi connectivity index (χ0v) is 11.9. The van der Waals surface area contributed by atoms with Crippen molar-refractivity contribution in [3.63, 3.8) is 0 Å². The number of hydrogen-bond acceptors (Lipinski definition) is 2. The lowest BCUT2D eigenvalue weighted by Crippen LogP contribution is -2.37. The van der Waals surface area contributed by atoms with Crippen LogP contribution < -0.4 is 4.90 Å². The lowest BCUT2D eigenvalue weighted by atomic mass is 10.0. The Hall–Kier alpha value is -1.55. The van der Waals surface area contributed by atoms with Crippen molar-refractivity contribution in [2.24, 2.45) is 0 Å². The summed E-state index contributed by atoms with van der Waals surface area (Å²) in [5.41, 5.74) is 2.61. The predicted octanol–water partition coefficient (Wildman–Crippen LogP) is 2.47. The van der Waals surface area contributed by atoms with Gasteiger partial charge in [0, 0.05) is 0 Å². The fourth-order valence-electron chi connectivity index (χ4n) is 2.06. The van der Waals surface area contributed by atoms with E-state index in [0.29, 0.717) is 5.69 Å². The van der Waals surface area contributed by atoms with Crippen molar-refractivity contribution in [3.8, 4) is 0 Å². The van der Waals surface area contributed by atoms with Crippen LogP contribution in [-0.2, 0) is 22.4 Å². The van der Waals surface area contributed by atoms with Crippen LogP contribution in [0.5, 0.6) is 0 Å². The monoisotopic (exact) mass is 283 g/mol. The van der Waals surface area contributed by atoms with Crippen LogP contribution in [0.2, 0.25) is 0 Å². The summed E-state index contributed by atoms with van der Waals surface area (Å²) in [7, 11) is 0. The van der Waals surface area contributed by atoms with Gasteiger partial charge in [0.15, 0.2) is 0 Å². The minimum absolute atomic E-state index is 0.228. The highest BCUT2D eigenvalue weighted by Gasteiger charge is 2.22. The molecule has 0 aliphatic rings. The van der Waals surface area contributed by atoms with Gasteiger partial charge in [-0.1, -0.05) is 32.0 Å². The third kappa shape index (κ3) is 3.70. The van der Waals surface area contributed by atoms with Crippen LogP contribution >= 0.6 is 11.6 Å². The maximum atomic E-state index is 11.9. The van der Waals surface area contributed by atoms with Gasteiger partial charge in [0.1, 0.15) is 12.4 Å². The zero-order valence-electron chi connectivity index (χ0n) is 11.1. The summed E-state index contributed by atoms with van der Waals surface area (Å²) in [4.78, 5) is 24.2. The maximum Gasteiger partial charge on any atom is 0.323 e. The lowest BCUT2D eigenvalue weighted by molar-refractivity contribution is -0.136. The Bertz CT molecular complexity index is 452. The maximum absolute atomic E-state index is 11.9. The van der Waals surface area contributed by atoms with Crippen LogP contribution in [0.1, 0.15) is 25.0 Å². The highest BCUT2D eigenvalue weighted by molar-refractivity contribution is 6.29. The molecule has 0 spiro atoms. The minimum Gasteiger partial charge on any atom is -0.480 e. The van der Waals surface area contributed by atoms with Crippen molar-refractivity contribution < 1.29 is 14.7 Å². The number of carboxylic acid groups (broad SMARTS) is 1. The SMILES string of the molecule is CCc1cccc(CC)c1N(CC(=O)O)C(=O)CCl. The molecule has 5 heteroatoms. The van der Waals surface area contributed by atoms with E-state index < -0.39 is 5.97 Å². The molecule has 1 rings (SSSR count). The second kappa shape index (κ2) is 7.14. The van der Waals surface area contributed by atoms with E-state index in [0.717, 1.165) is 24.0 Å². The summed E-state index contributed by atoms with van der Waals surface area (Å²) in [6, 6.07) is 5.74. The molecule has 1 N–H and O–H groups in total. The molecule has 19 heavy (non-hydrogen) atoms. The second-order valence-electron chi connectivity index (χ2n) is 4.14. The first-order chi connectivity index (χ1) is 9.04. The van der Waals surface area contributed by atoms with Gasteiger partial charge in [-0.2, -0.15) is 0 Å². The van der Waals surface area contributed by atoms with Crippen LogP contribution in [0.4, 0.5) is 5.69 Å². The first-order valence-electron chi connectivity index (χ1n) is 6.24. The smallest absolute Gasteiger partial charge is 0.323 e. The van der Waals surface area contributed by atoms with E-state index in [1.54, 1.807) is 0 Å². The van der Waals surface area contributed by atoms with E-state index in [4.69, 9.17) is 16.7 Å². The zero-order chi connectivity index (χ0) is 14.4. The fourth-order valence-corrected chi connectivity index (χ4v) is 2.21. The second-order valence-corrected chi connectivity index (χ2v) is 4.41. The fraction of sp³-hybridized carbons (Fsp3) is 0.429. The molecular formula is C14H18ClNO3. The number of carbonyl (C=O) groups is 2. The van der Waals surface area contributed by atoms with Crippen LogP contribution in [0, 0.1) is 0 Å². The Labute approximate surface area is 118 Å². The molecule has 1 aromatic carbocycles. The number of hydrogen-bond donors (Lipinski definition) is 1. The molecule has 0 aromatic heterocycles. The third-order valence-corrected chi connectivity index (χ3v) is 3.17. The quantitative estimate of drug-likeness (QED) is 0.816. The standard InChI is InChI=1S/C14H18ClNO3/c1-3-10-6-5-7-11(4-2)14(10)16(9-13(18)19)12(17)8-15/h5-7H,3-4,8-9H2,1-2H3,(H,18,19). The molecule has 0 bridgehead atoms. The Morgan fingerprint density at radius 1 is 1.21 bits per heavy atom.